The van der Waals surface area contributed by atoms with Crippen molar-refractivity contribution in [2.75, 3.05) is 14.2 Å². The average Bonchev–Trinajstić information content (AvgIpc) is 3.00. The minimum Gasteiger partial charge on any atom is -0.468 e. The summed E-state index contributed by atoms with van der Waals surface area (Å²) < 4.78 is 35.3. The van der Waals surface area contributed by atoms with Crippen molar-refractivity contribution in [1.82, 2.24) is 9.97 Å². The number of nitrogens with zero attached hydrogens (tertiary/aromatic N) is 2. The van der Waals surface area contributed by atoms with Crippen molar-refractivity contribution in [3.63, 3.8) is 0 Å². The molecular formula is C30H26F2N2O6. The Balaban J connectivity index is 0.000000220. The van der Waals surface area contributed by atoms with E-state index in [2.05, 4.69) is 14.7 Å². The number of carbonyl (C=O) groups is 3. The zero-order valence-corrected chi connectivity index (χ0v) is 21.6. The number of methoxy groups -OCH3 is 2. The molecule has 2 aromatic carbocycles. The molecule has 8 nitrogen and oxygen atoms in total. The number of hydrogen-bond acceptors (Lipinski definition) is 8. The molecule has 4 rings (SSSR count). The summed E-state index contributed by atoms with van der Waals surface area (Å²) in [6.07, 6.45) is 4.89. The Morgan fingerprint density at radius 2 is 1.10 bits per heavy atom. The van der Waals surface area contributed by atoms with Crippen LogP contribution in [-0.2, 0) is 19.1 Å². The quantitative estimate of drug-likeness (QED) is 0.193. The van der Waals surface area contributed by atoms with E-state index in [-0.39, 0.29) is 0 Å². The van der Waals surface area contributed by atoms with Crippen LogP contribution in [0.4, 0.5) is 8.78 Å². The third-order valence-corrected chi connectivity index (χ3v) is 5.91. The lowest BCUT2D eigenvalue weighted by Crippen LogP contribution is -2.23. The number of aromatic nitrogens is 2. The lowest BCUT2D eigenvalue weighted by atomic mass is 9.89. The second kappa shape index (κ2) is 14.4. The minimum atomic E-state index is -1.11. The van der Waals surface area contributed by atoms with Crippen LogP contribution in [0.25, 0.3) is 0 Å². The maximum Gasteiger partial charge on any atom is 0.321 e. The monoisotopic (exact) mass is 548 g/mol. The molecule has 0 saturated carbocycles. The molecule has 0 bridgehead atoms. The second-order valence-electron chi connectivity index (χ2n) is 8.39. The van der Waals surface area contributed by atoms with Crippen LogP contribution >= 0.6 is 0 Å². The Kier molecular flexibility index (Phi) is 10.7. The molecule has 0 spiro atoms. The summed E-state index contributed by atoms with van der Waals surface area (Å²) in [5.74, 6) is -4.54. The lowest BCUT2D eigenvalue weighted by Gasteiger charge is -2.21. The molecule has 0 saturated heterocycles. The van der Waals surface area contributed by atoms with E-state index in [1.54, 1.807) is 12.1 Å². The number of pyridine rings is 2. The number of rotatable bonds is 8. The number of aliphatic hydroxyl groups excluding tert-OH is 1. The third kappa shape index (κ3) is 7.61. The second-order valence-corrected chi connectivity index (χ2v) is 8.39. The van der Waals surface area contributed by atoms with Gasteiger partial charge in [0, 0.05) is 30.4 Å². The normalized spacial score (nSPS) is 12.6. The minimum absolute atomic E-state index is 0.347. The Labute approximate surface area is 229 Å². The molecule has 206 valence electrons. The van der Waals surface area contributed by atoms with Gasteiger partial charge in [-0.15, -0.1) is 0 Å². The van der Waals surface area contributed by atoms with Crippen molar-refractivity contribution in [3.05, 3.63) is 131 Å². The van der Waals surface area contributed by atoms with Gasteiger partial charge in [-0.05, 0) is 65.2 Å². The molecule has 4 aromatic rings. The van der Waals surface area contributed by atoms with E-state index in [9.17, 15) is 28.3 Å². The van der Waals surface area contributed by atoms with E-state index < -0.39 is 47.3 Å². The maximum absolute atomic E-state index is 13.0. The first-order chi connectivity index (χ1) is 19.3. The molecule has 0 aliphatic rings. The number of carbonyl (C=O) groups excluding carboxylic acids is 3. The molecule has 40 heavy (non-hydrogen) atoms. The summed E-state index contributed by atoms with van der Waals surface area (Å²) in [4.78, 5) is 43.9. The van der Waals surface area contributed by atoms with Crippen LogP contribution in [0.2, 0.25) is 0 Å². The molecule has 0 aliphatic carbocycles. The molecule has 0 fully saturated rings. The molecule has 0 amide bonds. The lowest BCUT2D eigenvalue weighted by molar-refractivity contribution is -0.145. The van der Waals surface area contributed by atoms with Gasteiger partial charge in [-0.2, -0.15) is 0 Å². The van der Waals surface area contributed by atoms with Gasteiger partial charge in [0.2, 0.25) is 0 Å². The van der Waals surface area contributed by atoms with Crippen molar-refractivity contribution >= 4 is 17.7 Å². The summed E-state index contributed by atoms with van der Waals surface area (Å²) in [5.41, 5.74) is 1.77. The highest BCUT2D eigenvalue weighted by Gasteiger charge is 2.31. The smallest absolute Gasteiger partial charge is 0.321 e. The Bertz CT molecular complexity index is 1400. The van der Waals surface area contributed by atoms with Crippen molar-refractivity contribution in [2.45, 2.75) is 17.9 Å². The van der Waals surface area contributed by atoms with Crippen LogP contribution in [0.3, 0.4) is 0 Å². The molecule has 0 radical (unpaired) electrons. The molecule has 0 aliphatic heterocycles. The van der Waals surface area contributed by atoms with Crippen molar-refractivity contribution < 1.29 is 37.7 Å². The summed E-state index contributed by atoms with van der Waals surface area (Å²) >= 11 is 0. The first-order valence-electron chi connectivity index (χ1n) is 12.0. The van der Waals surface area contributed by atoms with E-state index in [4.69, 9.17) is 4.74 Å². The van der Waals surface area contributed by atoms with Crippen LogP contribution in [0.15, 0.2) is 97.6 Å². The largest absolute Gasteiger partial charge is 0.468 e. The van der Waals surface area contributed by atoms with Gasteiger partial charge in [-0.25, -0.2) is 8.78 Å². The van der Waals surface area contributed by atoms with Gasteiger partial charge in [-0.3, -0.25) is 24.4 Å². The number of hydrogen-bond donors (Lipinski definition) is 1. The fourth-order valence-electron chi connectivity index (χ4n) is 3.85. The zero-order valence-electron chi connectivity index (χ0n) is 21.6. The van der Waals surface area contributed by atoms with E-state index in [1.807, 2.05) is 0 Å². The highest BCUT2D eigenvalue weighted by Crippen LogP contribution is 2.32. The number of ketones is 1. The van der Waals surface area contributed by atoms with Gasteiger partial charge in [0.1, 0.15) is 23.5 Å². The number of aliphatic hydroxyl groups is 1. The third-order valence-electron chi connectivity index (χ3n) is 5.91. The standard InChI is InChI=1S/C15H14FNO3.C15H12FNO3/c2*1-20-15(19)13(10-2-4-12(16)5-3-10)14(18)11-6-8-17-9-7-11/h2-9,13-14,18H,1H3;2-9,13H,1H3. The van der Waals surface area contributed by atoms with Crippen molar-refractivity contribution in [1.29, 1.82) is 0 Å². The van der Waals surface area contributed by atoms with E-state index >= 15 is 0 Å². The molecular weight excluding hydrogens is 522 g/mol. The molecule has 3 atom stereocenters. The van der Waals surface area contributed by atoms with E-state index in [1.165, 1.54) is 99.7 Å². The van der Waals surface area contributed by atoms with Gasteiger partial charge in [0.15, 0.2) is 5.78 Å². The maximum atomic E-state index is 13.0. The number of esters is 2. The molecule has 3 unspecified atom stereocenters. The summed E-state index contributed by atoms with van der Waals surface area (Å²) in [6.45, 7) is 0. The summed E-state index contributed by atoms with van der Waals surface area (Å²) in [7, 11) is 2.46. The van der Waals surface area contributed by atoms with Crippen LogP contribution in [-0.4, -0.2) is 47.0 Å². The SMILES string of the molecule is COC(=O)C(C(=O)c1ccncc1)c1ccc(F)cc1.COC(=O)C(c1ccc(F)cc1)C(O)c1ccncc1. The zero-order chi connectivity index (χ0) is 29.1. The average molecular weight is 549 g/mol. The summed E-state index contributed by atoms with van der Waals surface area (Å²) in [5, 5.41) is 10.4. The number of benzene rings is 2. The Hall–Kier alpha value is -4.83. The summed E-state index contributed by atoms with van der Waals surface area (Å²) in [6, 6.07) is 16.9. The Morgan fingerprint density at radius 3 is 1.57 bits per heavy atom. The van der Waals surface area contributed by atoms with E-state index in [0.717, 1.165) is 0 Å². The van der Waals surface area contributed by atoms with Crippen molar-refractivity contribution in [3.8, 4) is 0 Å². The number of ether oxygens (including phenoxy) is 2. The first-order valence-corrected chi connectivity index (χ1v) is 12.0. The van der Waals surface area contributed by atoms with Crippen molar-refractivity contribution in [2.24, 2.45) is 0 Å². The van der Waals surface area contributed by atoms with Gasteiger partial charge in [-0.1, -0.05) is 24.3 Å². The van der Waals surface area contributed by atoms with Gasteiger partial charge in [0.05, 0.1) is 20.3 Å². The van der Waals surface area contributed by atoms with E-state index in [0.29, 0.717) is 22.3 Å². The van der Waals surface area contributed by atoms with Crippen LogP contribution < -0.4 is 0 Å². The first kappa shape index (κ1) is 29.7. The van der Waals surface area contributed by atoms with Gasteiger partial charge >= 0.3 is 11.9 Å². The number of Topliss-reactive ketones (excluding diaryl/α,β-unsaturated/α-hetero) is 1. The highest BCUT2D eigenvalue weighted by molar-refractivity contribution is 6.12. The molecule has 10 heteroatoms. The van der Waals surface area contributed by atoms with Crippen LogP contribution in [0, 0.1) is 11.6 Å². The molecule has 1 N–H and O–H groups in total. The fourth-order valence-corrected chi connectivity index (χ4v) is 3.85. The van der Waals surface area contributed by atoms with Crippen LogP contribution in [0.5, 0.6) is 0 Å². The predicted octanol–water partition coefficient (Wildman–Crippen LogP) is 4.57. The Morgan fingerprint density at radius 1 is 0.650 bits per heavy atom. The van der Waals surface area contributed by atoms with Gasteiger partial charge in [0.25, 0.3) is 0 Å². The van der Waals surface area contributed by atoms with Gasteiger partial charge < -0.3 is 14.6 Å². The number of halogens is 2. The molecule has 2 aromatic heterocycles. The fraction of sp³-hybridized carbons (Fsp3) is 0.167. The topological polar surface area (TPSA) is 116 Å². The van der Waals surface area contributed by atoms with Crippen LogP contribution in [0.1, 0.15) is 45.0 Å². The molecule has 2 heterocycles. The highest BCUT2D eigenvalue weighted by atomic mass is 19.1. The predicted molar refractivity (Wildman–Crippen MR) is 140 cm³/mol.